The fourth-order valence-corrected chi connectivity index (χ4v) is 4.48. The smallest absolute Gasteiger partial charge is 0.275 e. The third-order valence-corrected chi connectivity index (χ3v) is 5.73. The molecular weight excluding hydrogens is 370 g/mol. The van der Waals surface area contributed by atoms with Gasteiger partial charge in [-0.3, -0.25) is 4.79 Å². The molecule has 0 unspecified atom stereocenters. The van der Waals surface area contributed by atoms with Crippen molar-refractivity contribution in [2.24, 2.45) is 5.92 Å². The van der Waals surface area contributed by atoms with E-state index in [9.17, 15) is 4.79 Å². The fraction of sp³-hybridized carbons (Fsp3) is 0.429. The molecule has 0 saturated heterocycles. The third-order valence-electron chi connectivity index (χ3n) is 4.86. The molecule has 1 aromatic carbocycles. The highest BCUT2D eigenvalue weighted by Gasteiger charge is 2.17. The van der Waals surface area contributed by atoms with E-state index in [1.165, 1.54) is 12.8 Å². The van der Waals surface area contributed by atoms with Crippen molar-refractivity contribution in [3.05, 3.63) is 46.2 Å². The molecule has 28 heavy (non-hydrogen) atoms. The molecule has 0 fully saturated rings. The van der Waals surface area contributed by atoms with Crippen LogP contribution < -0.4 is 5.32 Å². The van der Waals surface area contributed by atoms with Crippen molar-refractivity contribution in [1.82, 2.24) is 19.7 Å². The average Bonchev–Trinajstić information content (AvgIpc) is 3.22. The number of carbonyl (C=O) groups is 1. The van der Waals surface area contributed by atoms with E-state index in [4.69, 9.17) is 0 Å². The number of amides is 1. The summed E-state index contributed by atoms with van der Waals surface area (Å²) in [6, 6.07) is 7.81. The van der Waals surface area contributed by atoms with Gasteiger partial charge in [-0.1, -0.05) is 32.4 Å². The Morgan fingerprint density at radius 2 is 2.14 bits per heavy atom. The van der Waals surface area contributed by atoms with Gasteiger partial charge in [-0.2, -0.15) is 0 Å². The van der Waals surface area contributed by atoms with Crippen molar-refractivity contribution >= 4 is 22.9 Å². The van der Waals surface area contributed by atoms with Crippen molar-refractivity contribution < 1.29 is 4.79 Å². The van der Waals surface area contributed by atoms with Crippen LogP contribution in [0.15, 0.2) is 29.6 Å². The minimum absolute atomic E-state index is 0.177. The summed E-state index contributed by atoms with van der Waals surface area (Å²) in [4.78, 5) is 17.1. The molecule has 0 saturated carbocycles. The Labute approximate surface area is 169 Å². The fourth-order valence-electron chi connectivity index (χ4n) is 3.49. The molecule has 7 heteroatoms. The molecule has 3 heterocycles. The van der Waals surface area contributed by atoms with Crippen molar-refractivity contribution in [2.75, 3.05) is 5.32 Å². The van der Waals surface area contributed by atoms with Crippen LogP contribution in [-0.4, -0.2) is 25.7 Å². The minimum Gasteiger partial charge on any atom is -0.321 e. The van der Waals surface area contributed by atoms with Crippen molar-refractivity contribution in [3.63, 3.8) is 0 Å². The van der Waals surface area contributed by atoms with E-state index in [1.54, 1.807) is 11.3 Å². The lowest BCUT2D eigenvalue weighted by atomic mass is 10.1. The van der Waals surface area contributed by atoms with Crippen LogP contribution in [0.2, 0.25) is 0 Å². The molecule has 0 aliphatic carbocycles. The van der Waals surface area contributed by atoms with E-state index in [-0.39, 0.29) is 5.91 Å². The summed E-state index contributed by atoms with van der Waals surface area (Å²) >= 11 is 1.54. The van der Waals surface area contributed by atoms with Crippen molar-refractivity contribution in [1.29, 1.82) is 0 Å². The Bertz CT molecular complexity index is 975. The first-order valence-corrected chi connectivity index (χ1v) is 10.8. The second-order valence-corrected chi connectivity index (χ2v) is 8.60. The number of carbonyl (C=O) groups excluding carboxylic acids is 1. The topological polar surface area (TPSA) is 72.7 Å². The van der Waals surface area contributed by atoms with Crippen LogP contribution in [0.3, 0.4) is 0 Å². The first-order valence-electron chi connectivity index (χ1n) is 9.88. The number of hydrogen-bond donors (Lipinski definition) is 1. The summed E-state index contributed by atoms with van der Waals surface area (Å²) in [6.07, 6.45) is 5.42. The lowest BCUT2D eigenvalue weighted by molar-refractivity contribution is 0.102. The van der Waals surface area contributed by atoms with Crippen LogP contribution in [0.25, 0.3) is 11.4 Å². The molecule has 0 radical (unpaired) electrons. The Morgan fingerprint density at radius 1 is 1.25 bits per heavy atom. The highest BCUT2D eigenvalue weighted by molar-refractivity contribution is 7.09. The number of aromatic nitrogens is 4. The molecule has 3 aromatic rings. The minimum atomic E-state index is -0.177. The lowest BCUT2D eigenvalue weighted by Gasteiger charge is -2.09. The number of anilines is 1. The van der Waals surface area contributed by atoms with Crippen LogP contribution >= 0.6 is 11.3 Å². The van der Waals surface area contributed by atoms with Gasteiger partial charge in [-0.25, -0.2) is 4.98 Å². The summed E-state index contributed by atoms with van der Waals surface area (Å²) in [7, 11) is 0. The van der Waals surface area contributed by atoms with E-state index < -0.39 is 0 Å². The van der Waals surface area contributed by atoms with Gasteiger partial charge in [0.2, 0.25) is 0 Å². The largest absolute Gasteiger partial charge is 0.321 e. The second kappa shape index (κ2) is 8.22. The van der Waals surface area contributed by atoms with Gasteiger partial charge >= 0.3 is 0 Å². The maximum absolute atomic E-state index is 12.6. The zero-order chi connectivity index (χ0) is 19.5. The number of nitrogens with one attached hydrogen (secondary N) is 1. The zero-order valence-corrected chi connectivity index (χ0v) is 17.1. The summed E-state index contributed by atoms with van der Waals surface area (Å²) in [6.45, 7) is 5.25. The number of nitrogens with zero attached hydrogens (tertiary/aromatic N) is 4. The molecule has 1 N–H and O–H groups in total. The molecule has 1 amide bonds. The standard InChI is InChI=1S/C21H25N5OS/c1-14(2)11-19-23-17(13-28-19)21(27)22-16-8-6-7-15(12-16)20-25-24-18-9-4-3-5-10-26(18)20/h6-8,12-14H,3-5,9-11H2,1-2H3,(H,22,27). The Balaban J connectivity index is 1.52. The van der Waals surface area contributed by atoms with Crippen molar-refractivity contribution in [2.45, 2.75) is 52.5 Å². The molecule has 1 aliphatic heterocycles. The number of hydrogen-bond acceptors (Lipinski definition) is 5. The summed E-state index contributed by atoms with van der Waals surface area (Å²) in [5.41, 5.74) is 2.19. The first-order chi connectivity index (χ1) is 13.6. The van der Waals surface area contributed by atoms with Gasteiger partial charge in [-0.15, -0.1) is 21.5 Å². The molecule has 0 atom stereocenters. The van der Waals surface area contributed by atoms with Crippen LogP contribution in [0.4, 0.5) is 5.69 Å². The highest BCUT2D eigenvalue weighted by atomic mass is 32.1. The van der Waals surface area contributed by atoms with Crippen LogP contribution in [-0.2, 0) is 19.4 Å². The average molecular weight is 396 g/mol. The van der Waals surface area contributed by atoms with E-state index >= 15 is 0 Å². The summed E-state index contributed by atoms with van der Waals surface area (Å²) in [5.74, 6) is 2.28. The van der Waals surface area contributed by atoms with Gasteiger partial charge in [0.05, 0.1) is 5.01 Å². The number of fused-ring (bicyclic) bond motifs is 1. The number of thiazole rings is 1. The van der Waals surface area contributed by atoms with E-state index in [1.807, 2.05) is 29.6 Å². The molecule has 146 valence electrons. The molecular formula is C21H25N5OS. The predicted octanol–water partition coefficient (Wildman–Crippen LogP) is 4.58. The second-order valence-electron chi connectivity index (χ2n) is 7.66. The molecule has 2 aromatic heterocycles. The van der Waals surface area contributed by atoms with Crippen molar-refractivity contribution in [3.8, 4) is 11.4 Å². The van der Waals surface area contributed by atoms with E-state index in [0.29, 0.717) is 11.6 Å². The quantitative estimate of drug-likeness (QED) is 0.686. The van der Waals surface area contributed by atoms with Crippen LogP contribution in [0.1, 0.15) is 54.4 Å². The zero-order valence-electron chi connectivity index (χ0n) is 16.3. The molecule has 0 spiro atoms. The Hall–Kier alpha value is -2.54. The molecule has 6 nitrogen and oxygen atoms in total. The normalized spacial score (nSPS) is 14.0. The third kappa shape index (κ3) is 4.14. The number of aryl methyl sites for hydroxylation is 1. The summed E-state index contributed by atoms with van der Waals surface area (Å²) in [5, 5.41) is 14.6. The Kier molecular flexibility index (Phi) is 5.52. The number of benzene rings is 1. The summed E-state index contributed by atoms with van der Waals surface area (Å²) < 4.78 is 2.21. The van der Waals surface area contributed by atoms with Gasteiger partial charge in [0.25, 0.3) is 5.91 Å². The molecule has 1 aliphatic rings. The lowest BCUT2D eigenvalue weighted by Crippen LogP contribution is -2.12. The van der Waals surface area contributed by atoms with Gasteiger partial charge in [0, 0.05) is 36.0 Å². The maximum atomic E-state index is 12.6. The van der Waals surface area contributed by atoms with Gasteiger partial charge in [0.15, 0.2) is 5.82 Å². The van der Waals surface area contributed by atoms with Gasteiger partial charge in [-0.05, 0) is 30.9 Å². The first kappa shape index (κ1) is 18.8. The number of rotatable bonds is 5. The van der Waals surface area contributed by atoms with Crippen LogP contribution in [0, 0.1) is 5.92 Å². The molecule has 0 bridgehead atoms. The molecule has 4 rings (SSSR count). The highest BCUT2D eigenvalue weighted by Crippen LogP contribution is 2.25. The van der Waals surface area contributed by atoms with Gasteiger partial charge < -0.3 is 9.88 Å². The van der Waals surface area contributed by atoms with Gasteiger partial charge in [0.1, 0.15) is 11.5 Å². The Morgan fingerprint density at radius 3 is 3.00 bits per heavy atom. The van der Waals surface area contributed by atoms with E-state index in [2.05, 4.69) is 38.9 Å². The maximum Gasteiger partial charge on any atom is 0.275 e. The predicted molar refractivity (Wildman–Crippen MR) is 112 cm³/mol. The van der Waals surface area contributed by atoms with E-state index in [0.717, 1.165) is 53.7 Å². The monoisotopic (exact) mass is 395 g/mol. The SMILES string of the molecule is CC(C)Cc1nc(C(=O)Nc2cccc(-c3nnc4n3CCCCC4)c2)cs1. The van der Waals surface area contributed by atoms with Crippen LogP contribution in [0.5, 0.6) is 0 Å².